The van der Waals surface area contributed by atoms with Crippen LogP contribution >= 0.6 is 11.3 Å². The van der Waals surface area contributed by atoms with E-state index in [0.29, 0.717) is 12.8 Å². The summed E-state index contributed by atoms with van der Waals surface area (Å²) in [4.78, 5) is 20.0. The molecule has 2 N–H and O–H groups in total. The number of aryl methyl sites for hydroxylation is 1. The van der Waals surface area contributed by atoms with Gasteiger partial charge in [0, 0.05) is 33.1 Å². The van der Waals surface area contributed by atoms with E-state index < -0.39 is 0 Å². The molecule has 0 unspecified atom stereocenters. The number of aromatic nitrogens is 2. The maximum Gasteiger partial charge on any atom is 0.251 e. The van der Waals surface area contributed by atoms with Crippen LogP contribution in [0.25, 0.3) is 22.2 Å². The molecule has 29 heavy (non-hydrogen) atoms. The maximum atomic E-state index is 12.5. The minimum Gasteiger partial charge on any atom is -0.322 e. The second kappa shape index (κ2) is 8.41. The number of benzene rings is 2. The van der Waals surface area contributed by atoms with Crippen LogP contribution in [0, 0.1) is 6.92 Å². The Bertz CT molecular complexity index is 1220. The van der Waals surface area contributed by atoms with Crippen molar-refractivity contribution in [1.82, 2.24) is 9.97 Å². The zero-order chi connectivity index (χ0) is 20.2. The molecule has 0 radical (unpaired) electrons. The summed E-state index contributed by atoms with van der Waals surface area (Å²) < 4.78 is 0. The summed E-state index contributed by atoms with van der Waals surface area (Å²) >= 11 is 1.52. The van der Waals surface area contributed by atoms with Crippen LogP contribution in [0.3, 0.4) is 0 Å². The van der Waals surface area contributed by atoms with Crippen LogP contribution in [0.15, 0.2) is 69.9 Å². The van der Waals surface area contributed by atoms with Crippen molar-refractivity contribution in [3.8, 4) is 11.3 Å². The summed E-state index contributed by atoms with van der Waals surface area (Å²) in [6.07, 6.45) is 1.35. The molecule has 0 saturated carbocycles. The van der Waals surface area contributed by atoms with Gasteiger partial charge in [-0.1, -0.05) is 48.5 Å². The molecule has 2 heterocycles. The van der Waals surface area contributed by atoms with Crippen molar-refractivity contribution in [1.29, 1.82) is 0 Å². The van der Waals surface area contributed by atoms with Gasteiger partial charge in [0.15, 0.2) is 0 Å². The molecule has 0 spiro atoms. The molecule has 0 atom stereocenters. The van der Waals surface area contributed by atoms with Crippen LogP contribution in [0.1, 0.15) is 24.5 Å². The fraction of sp³-hybridized carbons (Fsp3) is 0.174. The first-order valence-corrected chi connectivity index (χ1v) is 10.4. The van der Waals surface area contributed by atoms with Crippen molar-refractivity contribution in [3.63, 3.8) is 0 Å². The van der Waals surface area contributed by atoms with Gasteiger partial charge in [-0.15, -0.1) is 11.3 Å². The van der Waals surface area contributed by atoms with Crippen LogP contribution in [0.4, 0.5) is 5.13 Å². The Morgan fingerprint density at radius 3 is 2.72 bits per heavy atom. The zero-order valence-corrected chi connectivity index (χ0v) is 17.2. The first kappa shape index (κ1) is 19.1. The molecule has 0 aliphatic rings. The van der Waals surface area contributed by atoms with Gasteiger partial charge in [-0.05, 0) is 38.3 Å². The quantitative estimate of drug-likeness (QED) is 0.336. The predicted molar refractivity (Wildman–Crippen MR) is 122 cm³/mol. The Balaban J connectivity index is 1.43. The summed E-state index contributed by atoms with van der Waals surface area (Å²) in [5.41, 5.74) is 8.70. The Hall–Kier alpha value is -3.25. The van der Waals surface area contributed by atoms with E-state index in [-0.39, 0.29) is 5.56 Å². The van der Waals surface area contributed by atoms with E-state index in [2.05, 4.69) is 20.5 Å². The fourth-order valence-corrected chi connectivity index (χ4v) is 3.98. The molecule has 0 aliphatic carbocycles. The Kier molecular flexibility index (Phi) is 5.53. The van der Waals surface area contributed by atoms with Crippen LogP contribution < -0.4 is 11.0 Å². The Morgan fingerprint density at radius 1 is 1.14 bits per heavy atom. The van der Waals surface area contributed by atoms with Crippen molar-refractivity contribution < 1.29 is 0 Å². The van der Waals surface area contributed by atoms with E-state index in [1.165, 1.54) is 11.3 Å². The van der Waals surface area contributed by atoms with Gasteiger partial charge in [0.2, 0.25) is 5.13 Å². The molecule has 6 heteroatoms. The number of pyridine rings is 1. The number of nitrogens with zero attached hydrogens (tertiary/aromatic N) is 2. The van der Waals surface area contributed by atoms with Crippen LogP contribution in [-0.2, 0) is 6.42 Å². The monoisotopic (exact) mass is 402 g/mol. The number of hydrogen-bond donors (Lipinski definition) is 2. The number of aromatic amines is 1. The number of rotatable bonds is 6. The molecule has 0 amide bonds. The fourth-order valence-electron chi connectivity index (χ4n) is 3.32. The molecular formula is C23H22N4OS. The van der Waals surface area contributed by atoms with Crippen molar-refractivity contribution in [2.75, 3.05) is 5.43 Å². The molecule has 0 fully saturated rings. The number of hydrazone groups is 1. The van der Waals surface area contributed by atoms with Gasteiger partial charge in [-0.3, -0.25) is 10.2 Å². The minimum atomic E-state index is -0.0191. The first-order chi connectivity index (χ1) is 14.1. The molecule has 5 nitrogen and oxygen atoms in total. The second-order valence-corrected chi connectivity index (χ2v) is 7.82. The van der Waals surface area contributed by atoms with Crippen molar-refractivity contribution in [2.45, 2.75) is 26.7 Å². The first-order valence-electron chi connectivity index (χ1n) is 9.52. The number of para-hydroxylation sites is 1. The number of fused-ring (bicyclic) bond motifs is 1. The smallest absolute Gasteiger partial charge is 0.251 e. The molecule has 0 aliphatic heterocycles. The maximum absolute atomic E-state index is 12.5. The standard InChI is InChI=1S/C23H22N4OS/c1-15(26-27-23-25-21(14-29-23)17-8-4-3-5-9-17)12-13-19-16(2)18-10-6-7-11-20(18)24-22(19)28/h3-11,14H,12-13H2,1-2H3,(H,24,28)(H,25,27). The highest BCUT2D eigenvalue weighted by atomic mass is 32.1. The molecular weight excluding hydrogens is 380 g/mol. The number of hydrogen-bond acceptors (Lipinski definition) is 5. The molecule has 146 valence electrons. The highest BCUT2D eigenvalue weighted by Crippen LogP contribution is 2.24. The molecule has 4 rings (SSSR count). The predicted octanol–water partition coefficient (Wildman–Crippen LogP) is 5.38. The average Bonchev–Trinajstić information content (AvgIpc) is 3.22. The third kappa shape index (κ3) is 4.27. The lowest BCUT2D eigenvalue weighted by molar-refractivity contribution is 0.980. The second-order valence-electron chi connectivity index (χ2n) is 6.97. The van der Waals surface area contributed by atoms with E-state index in [9.17, 15) is 4.79 Å². The largest absolute Gasteiger partial charge is 0.322 e. The van der Waals surface area contributed by atoms with Gasteiger partial charge in [-0.25, -0.2) is 4.98 Å². The average molecular weight is 403 g/mol. The van der Waals surface area contributed by atoms with E-state index >= 15 is 0 Å². The van der Waals surface area contributed by atoms with E-state index in [4.69, 9.17) is 0 Å². The number of H-pyrrole nitrogens is 1. The van der Waals surface area contributed by atoms with E-state index in [1.54, 1.807) is 0 Å². The number of anilines is 1. The summed E-state index contributed by atoms with van der Waals surface area (Å²) in [5, 5.41) is 8.30. The number of thiazole rings is 1. The van der Waals surface area contributed by atoms with E-state index in [0.717, 1.165) is 44.1 Å². The van der Waals surface area contributed by atoms with Crippen LogP contribution in [-0.4, -0.2) is 15.7 Å². The lowest BCUT2D eigenvalue weighted by Gasteiger charge is -2.08. The van der Waals surface area contributed by atoms with Crippen molar-refractivity contribution >= 4 is 33.1 Å². The SMILES string of the molecule is CC(CCc1c(C)c2ccccc2[nH]c1=O)=NNc1nc(-c2ccccc2)cs1. The highest BCUT2D eigenvalue weighted by molar-refractivity contribution is 7.14. The lowest BCUT2D eigenvalue weighted by Crippen LogP contribution is -2.16. The molecule has 2 aromatic carbocycles. The highest BCUT2D eigenvalue weighted by Gasteiger charge is 2.09. The summed E-state index contributed by atoms with van der Waals surface area (Å²) in [7, 11) is 0. The van der Waals surface area contributed by atoms with Gasteiger partial charge < -0.3 is 4.98 Å². The van der Waals surface area contributed by atoms with Crippen LogP contribution in [0.2, 0.25) is 0 Å². The van der Waals surface area contributed by atoms with E-state index in [1.807, 2.05) is 73.8 Å². The van der Waals surface area contributed by atoms with Crippen LogP contribution in [0.5, 0.6) is 0 Å². The van der Waals surface area contributed by atoms with Gasteiger partial charge in [0.1, 0.15) is 0 Å². The molecule has 4 aromatic rings. The van der Waals surface area contributed by atoms with Crippen molar-refractivity contribution in [2.24, 2.45) is 5.10 Å². The van der Waals surface area contributed by atoms with Gasteiger partial charge in [0.25, 0.3) is 5.56 Å². The molecule has 2 aromatic heterocycles. The molecule has 0 saturated heterocycles. The number of nitrogens with one attached hydrogen (secondary N) is 2. The lowest BCUT2D eigenvalue weighted by atomic mass is 10.0. The Morgan fingerprint density at radius 2 is 1.90 bits per heavy atom. The summed E-state index contributed by atoms with van der Waals surface area (Å²) in [6, 6.07) is 18.0. The minimum absolute atomic E-state index is 0.0191. The zero-order valence-electron chi connectivity index (χ0n) is 16.4. The van der Waals surface area contributed by atoms with Gasteiger partial charge in [-0.2, -0.15) is 5.10 Å². The normalized spacial score (nSPS) is 11.7. The van der Waals surface area contributed by atoms with Gasteiger partial charge in [0.05, 0.1) is 5.69 Å². The third-order valence-electron chi connectivity index (χ3n) is 4.96. The molecule has 0 bridgehead atoms. The van der Waals surface area contributed by atoms with Crippen molar-refractivity contribution in [3.05, 3.63) is 81.5 Å². The topological polar surface area (TPSA) is 70.1 Å². The summed E-state index contributed by atoms with van der Waals surface area (Å²) in [5.74, 6) is 0. The van der Waals surface area contributed by atoms with Gasteiger partial charge >= 0.3 is 0 Å². The third-order valence-corrected chi connectivity index (χ3v) is 5.71. The summed E-state index contributed by atoms with van der Waals surface area (Å²) in [6.45, 7) is 3.97. The Labute approximate surface area is 173 Å².